The number of nitro benzene ring substituents is 1. The first-order valence-electron chi connectivity index (χ1n) is 6.05. The second-order valence-corrected chi connectivity index (χ2v) is 4.42. The Labute approximate surface area is 114 Å². The van der Waals surface area contributed by atoms with Gasteiger partial charge in [0, 0.05) is 12.5 Å². The van der Waals surface area contributed by atoms with E-state index >= 15 is 0 Å². The van der Waals surface area contributed by atoms with Gasteiger partial charge >= 0.3 is 5.69 Å². The van der Waals surface area contributed by atoms with Gasteiger partial charge in [0.25, 0.3) is 0 Å². The van der Waals surface area contributed by atoms with Crippen molar-refractivity contribution in [1.29, 1.82) is 0 Å². The van der Waals surface area contributed by atoms with Crippen molar-refractivity contribution in [2.75, 3.05) is 6.61 Å². The van der Waals surface area contributed by atoms with Crippen LogP contribution in [-0.2, 0) is 4.74 Å². The second-order valence-electron chi connectivity index (χ2n) is 4.42. The molecule has 1 heterocycles. The molecule has 8 heteroatoms. The molecule has 0 unspecified atom stereocenters. The lowest BCUT2D eigenvalue weighted by Gasteiger charge is -2.35. The summed E-state index contributed by atoms with van der Waals surface area (Å²) in [5, 5.41) is 39.1. The molecule has 20 heavy (non-hydrogen) atoms. The van der Waals surface area contributed by atoms with Crippen molar-refractivity contribution in [3.8, 4) is 5.75 Å². The summed E-state index contributed by atoms with van der Waals surface area (Å²) < 4.78 is 10.6. The number of ether oxygens (including phenoxy) is 2. The predicted molar refractivity (Wildman–Crippen MR) is 66.1 cm³/mol. The second kappa shape index (κ2) is 6.14. The first-order valence-corrected chi connectivity index (χ1v) is 6.05. The van der Waals surface area contributed by atoms with Crippen LogP contribution in [0.15, 0.2) is 24.3 Å². The molecule has 8 nitrogen and oxygen atoms in total. The Morgan fingerprint density at radius 1 is 1.40 bits per heavy atom. The highest BCUT2D eigenvalue weighted by Crippen LogP contribution is 2.30. The number of nitrogens with zero attached hydrogens (tertiary/aromatic N) is 1. The van der Waals surface area contributed by atoms with E-state index in [0.29, 0.717) is 0 Å². The van der Waals surface area contributed by atoms with E-state index in [2.05, 4.69) is 0 Å². The number of nitro groups is 1. The van der Waals surface area contributed by atoms with E-state index in [-0.39, 0.29) is 17.9 Å². The Morgan fingerprint density at radius 3 is 2.75 bits per heavy atom. The Morgan fingerprint density at radius 2 is 2.10 bits per heavy atom. The summed E-state index contributed by atoms with van der Waals surface area (Å²) in [6.07, 6.45) is -4.37. The number of hydrogen-bond donors (Lipinski definition) is 3. The third-order valence-electron chi connectivity index (χ3n) is 3.04. The molecule has 0 bridgehead atoms. The molecular formula is C12H15NO7. The Bertz CT molecular complexity index is 481. The third kappa shape index (κ3) is 3.05. The first-order chi connectivity index (χ1) is 9.52. The summed E-state index contributed by atoms with van der Waals surface area (Å²) in [7, 11) is 0. The van der Waals surface area contributed by atoms with E-state index in [0.717, 1.165) is 0 Å². The highest BCUT2D eigenvalue weighted by atomic mass is 16.7. The van der Waals surface area contributed by atoms with Crippen LogP contribution in [0.2, 0.25) is 0 Å². The number of para-hydroxylation sites is 2. The molecule has 0 saturated carbocycles. The third-order valence-corrected chi connectivity index (χ3v) is 3.04. The van der Waals surface area contributed by atoms with Gasteiger partial charge in [-0.25, -0.2) is 0 Å². The van der Waals surface area contributed by atoms with Gasteiger partial charge in [0.1, 0.15) is 12.2 Å². The fourth-order valence-corrected chi connectivity index (χ4v) is 1.99. The number of rotatable bonds is 4. The smallest absolute Gasteiger partial charge is 0.311 e. The minimum atomic E-state index is -1.22. The van der Waals surface area contributed by atoms with Gasteiger partial charge in [0.05, 0.1) is 17.6 Å². The molecule has 0 radical (unpaired) electrons. The number of benzene rings is 1. The zero-order valence-electron chi connectivity index (χ0n) is 10.5. The van der Waals surface area contributed by atoms with Crippen molar-refractivity contribution in [2.45, 2.75) is 31.0 Å². The summed E-state index contributed by atoms with van der Waals surface area (Å²) >= 11 is 0. The van der Waals surface area contributed by atoms with Gasteiger partial charge < -0.3 is 24.8 Å². The van der Waals surface area contributed by atoms with Gasteiger partial charge in [0.15, 0.2) is 5.75 Å². The topological polar surface area (TPSA) is 122 Å². The Hall–Kier alpha value is -1.74. The Balaban J connectivity index is 2.12. The maximum absolute atomic E-state index is 10.9. The first kappa shape index (κ1) is 14.7. The minimum Gasteiger partial charge on any atom is -0.458 e. The maximum Gasteiger partial charge on any atom is 0.311 e. The molecule has 4 atom stereocenters. The summed E-state index contributed by atoms with van der Waals surface area (Å²) in [6, 6.07) is 5.77. The van der Waals surface area contributed by atoms with Crippen LogP contribution in [0.1, 0.15) is 6.42 Å². The molecule has 0 spiro atoms. The molecule has 110 valence electrons. The van der Waals surface area contributed by atoms with E-state index in [1.807, 2.05) is 0 Å². The fraction of sp³-hybridized carbons (Fsp3) is 0.500. The molecule has 1 fully saturated rings. The molecule has 1 saturated heterocycles. The van der Waals surface area contributed by atoms with Gasteiger partial charge in [-0.05, 0) is 6.07 Å². The van der Waals surface area contributed by atoms with E-state index < -0.39 is 36.1 Å². The summed E-state index contributed by atoms with van der Waals surface area (Å²) in [6.45, 7) is -0.491. The summed E-state index contributed by atoms with van der Waals surface area (Å²) in [4.78, 5) is 10.3. The Kier molecular flexibility index (Phi) is 4.50. The molecule has 0 aliphatic carbocycles. The minimum absolute atomic E-state index is 0.00257. The standard InChI is InChI=1S/C12H15NO7/c14-6-10-12(16)8(15)5-11(20-10)19-9-4-2-1-3-7(9)13(17)18/h1-4,8,10-12,14-16H,5-6H2/t8-,10-,11+,12-/m1/s1. The van der Waals surface area contributed by atoms with Gasteiger partial charge in [-0.2, -0.15) is 0 Å². The average molecular weight is 285 g/mol. The molecular weight excluding hydrogens is 270 g/mol. The van der Waals surface area contributed by atoms with Crippen molar-refractivity contribution in [1.82, 2.24) is 0 Å². The van der Waals surface area contributed by atoms with Crippen molar-refractivity contribution < 1.29 is 29.7 Å². The quantitative estimate of drug-likeness (QED) is 0.517. The van der Waals surface area contributed by atoms with Crippen molar-refractivity contribution >= 4 is 5.69 Å². The lowest BCUT2D eigenvalue weighted by molar-refractivity contribution is -0.386. The van der Waals surface area contributed by atoms with Crippen LogP contribution >= 0.6 is 0 Å². The molecule has 1 aromatic carbocycles. The SMILES string of the molecule is O=[N+]([O-])c1ccccc1O[C@@H]1C[C@@H](O)[C@@H](O)[C@@H](CO)O1. The van der Waals surface area contributed by atoms with Crippen LogP contribution in [0, 0.1) is 10.1 Å². The largest absolute Gasteiger partial charge is 0.458 e. The van der Waals surface area contributed by atoms with Gasteiger partial charge in [-0.3, -0.25) is 10.1 Å². The van der Waals surface area contributed by atoms with E-state index in [1.54, 1.807) is 6.07 Å². The molecule has 1 aliphatic rings. The lowest BCUT2D eigenvalue weighted by atomic mass is 10.0. The van der Waals surface area contributed by atoms with Crippen LogP contribution in [0.3, 0.4) is 0 Å². The maximum atomic E-state index is 10.9. The van der Waals surface area contributed by atoms with E-state index in [1.165, 1.54) is 18.2 Å². The molecule has 1 aromatic rings. The van der Waals surface area contributed by atoms with Crippen molar-refractivity contribution in [2.24, 2.45) is 0 Å². The fourth-order valence-electron chi connectivity index (χ4n) is 1.99. The molecule has 2 rings (SSSR count). The van der Waals surface area contributed by atoms with Gasteiger partial charge in [-0.15, -0.1) is 0 Å². The monoisotopic (exact) mass is 285 g/mol. The van der Waals surface area contributed by atoms with Crippen LogP contribution < -0.4 is 4.74 Å². The number of aliphatic hydroxyl groups excluding tert-OH is 3. The molecule has 0 aromatic heterocycles. The number of aliphatic hydroxyl groups is 3. The highest BCUT2D eigenvalue weighted by Gasteiger charge is 2.38. The summed E-state index contributed by atoms with van der Waals surface area (Å²) in [5.41, 5.74) is -0.225. The van der Waals surface area contributed by atoms with Gasteiger partial charge in [-0.1, -0.05) is 12.1 Å². The normalized spacial score (nSPS) is 29.9. The van der Waals surface area contributed by atoms with Crippen LogP contribution in [0.5, 0.6) is 5.75 Å². The van der Waals surface area contributed by atoms with Crippen molar-refractivity contribution in [3.05, 3.63) is 34.4 Å². The van der Waals surface area contributed by atoms with Crippen molar-refractivity contribution in [3.63, 3.8) is 0 Å². The van der Waals surface area contributed by atoms with Crippen LogP contribution in [0.25, 0.3) is 0 Å². The van der Waals surface area contributed by atoms with Crippen LogP contribution in [-0.4, -0.2) is 51.5 Å². The van der Waals surface area contributed by atoms with Gasteiger partial charge in [0.2, 0.25) is 6.29 Å². The lowest BCUT2D eigenvalue weighted by Crippen LogP contribution is -2.51. The summed E-state index contributed by atoms with van der Waals surface area (Å²) in [5.74, 6) is 0.00257. The zero-order valence-corrected chi connectivity index (χ0v) is 10.5. The highest BCUT2D eigenvalue weighted by molar-refractivity contribution is 5.45. The number of hydrogen-bond acceptors (Lipinski definition) is 7. The predicted octanol–water partition coefficient (Wildman–Crippen LogP) is -0.197. The van der Waals surface area contributed by atoms with Crippen LogP contribution in [0.4, 0.5) is 5.69 Å². The molecule has 3 N–H and O–H groups in total. The molecule has 0 amide bonds. The molecule has 1 aliphatic heterocycles. The van der Waals surface area contributed by atoms with E-state index in [9.17, 15) is 20.3 Å². The zero-order chi connectivity index (χ0) is 14.7. The average Bonchev–Trinajstić information content (AvgIpc) is 2.43. The van der Waals surface area contributed by atoms with E-state index in [4.69, 9.17) is 14.6 Å².